The van der Waals surface area contributed by atoms with Gasteiger partial charge in [-0.15, -0.1) is 0 Å². The summed E-state index contributed by atoms with van der Waals surface area (Å²) in [6.45, 7) is 6.54. The maximum absolute atomic E-state index is 10.1. The SMILES string of the molecule is CC(C)NCC(C)(O)Cc1nccn1C. The van der Waals surface area contributed by atoms with Gasteiger partial charge in [0, 0.05) is 38.4 Å². The van der Waals surface area contributed by atoms with E-state index < -0.39 is 5.60 Å². The van der Waals surface area contributed by atoms with Crippen molar-refractivity contribution in [2.75, 3.05) is 6.54 Å². The molecule has 1 atom stereocenters. The van der Waals surface area contributed by atoms with Gasteiger partial charge in [-0.05, 0) is 6.92 Å². The maximum atomic E-state index is 10.1. The van der Waals surface area contributed by atoms with Crippen LogP contribution in [0.2, 0.25) is 0 Å². The lowest BCUT2D eigenvalue weighted by Gasteiger charge is -2.24. The third-order valence-corrected chi connectivity index (χ3v) is 2.35. The summed E-state index contributed by atoms with van der Waals surface area (Å²) in [6.07, 6.45) is 4.21. The topological polar surface area (TPSA) is 50.1 Å². The minimum Gasteiger partial charge on any atom is -0.388 e. The van der Waals surface area contributed by atoms with Gasteiger partial charge >= 0.3 is 0 Å². The Bertz CT molecular complexity index is 305. The third kappa shape index (κ3) is 4.01. The van der Waals surface area contributed by atoms with Crippen LogP contribution in [0.15, 0.2) is 12.4 Å². The first-order valence-electron chi connectivity index (χ1n) is 5.33. The first kappa shape index (κ1) is 12.2. The molecule has 1 unspecified atom stereocenters. The van der Waals surface area contributed by atoms with Crippen LogP contribution in [0.3, 0.4) is 0 Å². The lowest BCUT2D eigenvalue weighted by molar-refractivity contribution is 0.0555. The molecule has 0 bridgehead atoms. The molecule has 1 heterocycles. The first-order valence-corrected chi connectivity index (χ1v) is 5.33. The second-order valence-electron chi connectivity index (χ2n) is 4.66. The van der Waals surface area contributed by atoms with Crippen LogP contribution < -0.4 is 5.32 Å². The predicted octanol–water partition coefficient (Wildman–Crippen LogP) is 0.712. The van der Waals surface area contributed by atoms with E-state index in [4.69, 9.17) is 0 Å². The summed E-state index contributed by atoms with van der Waals surface area (Å²) in [5.41, 5.74) is -0.747. The van der Waals surface area contributed by atoms with Crippen LogP contribution in [0.1, 0.15) is 26.6 Å². The van der Waals surface area contributed by atoms with Crippen LogP contribution >= 0.6 is 0 Å². The van der Waals surface area contributed by atoms with E-state index in [-0.39, 0.29) is 0 Å². The zero-order valence-corrected chi connectivity index (χ0v) is 9.99. The number of hydrogen-bond donors (Lipinski definition) is 2. The molecule has 15 heavy (non-hydrogen) atoms. The molecule has 0 aliphatic carbocycles. The van der Waals surface area contributed by atoms with E-state index in [1.165, 1.54) is 0 Å². The van der Waals surface area contributed by atoms with Crippen LogP contribution in [-0.4, -0.2) is 32.8 Å². The Morgan fingerprint density at radius 2 is 2.27 bits per heavy atom. The Morgan fingerprint density at radius 1 is 1.60 bits per heavy atom. The van der Waals surface area contributed by atoms with Crippen LogP contribution in [0.4, 0.5) is 0 Å². The monoisotopic (exact) mass is 211 g/mol. The lowest BCUT2D eigenvalue weighted by atomic mass is 10.0. The van der Waals surface area contributed by atoms with Crippen molar-refractivity contribution in [2.24, 2.45) is 7.05 Å². The molecule has 0 aliphatic heterocycles. The predicted molar refractivity (Wildman–Crippen MR) is 60.7 cm³/mol. The fourth-order valence-electron chi connectivity index (χ4n) is 1.39. The van der Waals surface area contributed by atoms with Crippen molar-refractivity contribution in [3.8, 4) is 0 Å². The molecule has 1 rings (SSSR count). The van der Waals surface area contributed by atoms with E-state index in [0.29, 0.717) is 19.0 Å². The maximum Gasteiger partial charge on any atom is 0.111 e. The molecule has 4 nitrogen and oxygen atoms in total. The zero-order valence-electron chi connectivity index (χ0n) is 9.99. The third-order valence-electron chi connectivity index (χ3n) is 2.35. The minimum absolute atomic E-state index is 0.387. The summed E-state index contributed by atoms with van der Waals surface area (Å²) in [5.74, 6) is 0.908. The van der Waals surface area contributed by atoms with E-state index >= 15 is 0 Å². The molecule has 1 aromatic rings. The number of aryl methyl sites for hydroxylation is 1. The molecule has 1 aromatic heterocycles. The van der Waals surface area contributed by atoms with Crippen LogP contribution in [0, 0.1) is 0 Å². The van der Waals surface area contributed by atoms with E-state index in [0.717, 1.165) is 5.82 Å². The largest absolute Gasteiger partial charge is 0.388 e. The van der Waals surface area contributed by atoms with Gasteiger partial charge in [-0.1, -0.05) is 13.8 Å². The Labute approximate surface area is 91.3 Å². The van der Waals surface area contributed by atoms with Crippen molar-refractivity contribution < 1.29 is 5.11 Å². The number of aliphatic hydroxyl groups is 1. The van der Waals surface area contributed by atoms with Gasteiger partial charge in [0.1, 0.15) is 5.82 Å². The molecule has 0 aliphatic rings. The summed E-state index contributed by atoms with van der Waals surface area (Å²) in [4.78, 5) is 4.20. The van der Waals surface area contributed by atoms with E-state index in [1.807, 2.05) is 24.7 Å². The van der Waals surface area contributed by atoms with Crippen molar-refractivity contribution in [1.82, 2.24) is 14.9 Å². The van der Waals surface area contributed by atoms with Crippen molar-refractivity contribution >= 4 is 0 Å². The average molecular weight is 211 g/mol. The molecule has 0 radical (unpaired) electrons. The van der Waals surface area contributed by atoms with Crippen LogP contribution in [0.5, 0.6) is 0 Å². The number of hydrogen-bond acceptors (Lipinski definition) is 3. The molecule has 0 spiro atoms. The number of rotatable bonds is 5. The number of imidazole rings is 1. The lowest BCUT2D eigenvalue weighted by Crippen LogP contribution is -2.42. The highest BCUT2D eigenvalue weighted by Crippen LogP contribution is 2.10. The van der Waals surface area contributed by atoms with E-state index in [9.17, 15) is 5.11 Å². The van der Waals surface area contributed by atoms with Gasteiger partial charge in [-0.25, -0.2) is 4.98 Å². The molecule has 0 aromatic carbocycles. The molecule has 0 fully saturated rings. The molecule has 2 N–H and O–H groups in total. The molecule has 86 valence electrons. The minimum atomic E-state index is -0.747. The standard InChI is InChI=1S/C11H21N3O/c1-9(2)13-8-11(3,15)7-10-12-5-6-14(10)4/h5-6,9,13,15H,7-8H2,1-4H3. The molecular weight excluding hydrogens is 190 g/mol. The highest BCUT2D eigenvalue weighted by molar-refractivity contribution is 4.97. The summed E-state index contributed by atoms with van der Waals surface area (Å²) in [7, 11) is 1.94. The first-order chi connectivity index (χ1) is 6.91. The van der Waals surface area contributed by atoms with Gasteiger partial charge in [0.15, 0.2) is 0 Å². The second-order valence-corrected chi connectivity index (χ2v) is 4.66. The molecule has 4 heteroatoms. The Morgan fingerprint density at radius 3 is 2.73 bits per heavy atom. The Hall–Kier alpha value is -0.870. The second kappa shape index (κ2) is 4.77. The fourth-order valence-corrected chi connectivity index (χ4v) is 1.39. The van der Waals surface area contributed by atoms with Crippen molar-refractivity contribution in [2.45, 2.75) is 38.8 Å². The van der Waals surface area contributed by atoms with Gasteiger partial charge < -0.3 is 15.0 Å². The fraction of sp³-hybridized carbons (Fsp3) is 0.727. The highest BCUT2D eigenvalue weighted by Gasteiger charge is 2.22. The summed E-state index contributed by atoms with van der Waals surface area (Å²) in [5, 5.41) is 13.4. The molecular formula is C11H21N3O. The molecule has 0 saturated carbocycles. The zero-order chi connectivity index (χ0) is 11.5. The van der Waals surface area contributed by atoms with Crippen LogP contribution in [-0.2, 0) is 13.5 Å². The van der Waals surface area contributed by atoms with Gasteiger partial charge in [0.25, 0.3) is 0 Å². The van der Waals surface area contributed by atoms with Crippen LogP contribution in [0.25, 0.3) is 0 Å². The Balaban J connectivity index is 2.52. The summed E-state index contributed by atoms with van der Waals surface area (Å²) < 4.78 is 1.93. The van der Waals surface area contributed by atoms with Crippen molar-refractivity contribution in [3.05, 3.63) is 18.2 Å². The van der Waals surface area contributed by atoms with Gasteiger partial charge in [0.05, 0.1) is 5.60 Å². The number of nitrogens with zero attached hydrogens (tertiary/aromatic N) is 2. The number of aromatic nitrogens is 2. The average Bonchev–Trinajstić information content (AvgIpc) is 2.48. The Kier molecular flexibility index (Phi) is 3.88. The van der Waals surface area contributed by atoms with Gasteiger partial charge in [-0.3, -0.25) is 0 Å². The summed E-state index contributed by atoms with van der Waals surface area (Å²) in [6, 6.07) is 0.387. The summed E-state index contributed by atoms with van der Waals surface area (Å²) >= 11 is 0. The van der Waals surface area contributed by atoms with E-state index in [1.54, 1.807) is 6.20 Å². The van der Waals surface area contributed by atoms with Gasteiger partial charge in [-0.2, -0.15) is 0 Å². The highest BCUT2D eigenvalue weighted by atomic mass is 16.3. The van der Waals surface area contributed by atoms with E-state index in [2.05, 4.69) is 24.1 Å². The van der Waals surface area contributed by atoms with Crippen molar-refractivity contribution in [3.63, 3.8) is 0 Å². The van der Waals surface area contributed by atoms with Gasteiger partial charge in [0.2, 0.25) is 0 Å². The normalized spacial score (nSPS) is 15.6. The molecule has 0 amide bonds. The smallest absolute Gasteiger partial charge is 0.111 e. The quantitative estimate of drug-likeness (QED) is 0.754. The van der Waals surface area contributed by atoms with Crippen molar-refractivity contribution in [1.29, 1.82) is 0 Å². The number of nitrogens with one attached hydrogen (secondary N) is 1. The molecule has 0 saturated heterocycles.